The highest BCUT2D eigenvalue weighted by molar-refractivity contribution is 5.83. The number of carbonyl (C=O) groups is 3. The van der Waals surface area contributed by atoms with Crippen LogP contribution in [-0.4, -0.2) is 42.6 Å². The number of rotatable bonds is 7. The second-order valence-corrected chi connectivity index (χ2v) is 8.62. The maximum atomic E-state index is 12.5. The monoisotopic (exact) mass is 452 g/mol. The van der Waals surface area contributed by atoms with Gasteiger partial charge in [-0.1, -0.05) is 48.5 Å². The number of hydrogen-bond donors (Lipinski definition) is 3. The summed E-state index contributed by atoms with van der Waals surface area (Å²) in [5.74, 6) is -0.644. The van der Waals surface area contributed by atoms with Crippen LogP contribution in [0.15, 0.2) is 53.6 Å². The highest BCUT2D eigenvalue weighted by Gasteiger charge is 2.29. The smallest absolute Gasteiger partial charge is 0.407 e. The second-order valence-electron chi connectivity index (χ2n) is 8.62. The van der Waals surface area contributed by atoms with Gasteiger partial charge in [0.2, 0.25) is 0 Å². The van der Waals surface area contributed by atoms with E-state index < -0.39 is 29.7 Å². The lowest BCUT2D eigenvalue weighted by Crippen LogP contribution is -2.40. The van der Waals surface area contributed by atoms with Crippen LogP contribution in [0, 0.1) is 0 Å². The maximum absolute atomic E-state index is 12.5. The van der Waals surface area contributed by atoms with Crippen molar-refractivity contribution in [3.8, 4) is 11.1 Å². The molecule has 0 saturated carbocycles. The lowest BCUT2D eigenvalue weighted by molar-refractivity contribution is -0.154. The summed E-state index contributed by atoms with van der Waals surface area (Å²) >= 11 is 0. The molecule has 1 atom stereocenters. The number of hydrogen-bond acceptors (Lipinski definition) is 6. The average molecular weight is 453 g/mol. The molecule has 3 rings (SSSR count). The van der Waals surface area contributed by atoms with Crippen molar-refractivity contribution in [3.05, 3.63) is 59.7 Å². The Morgan fingerprint density at radius 1 is 1.06 bits per heavy atom. The minimum absolute atomic E-state index is 0.0994. The molecule has 1 aliphatic rings. The number of nitrogens with zero attached hydrogens (tertiary/aromatic N) is 1. The van der Waals surface area contributed by atoms with Crippen molar-refractivity contribution >= 4 is 24.3 Å². The van der Waals surface area contributed by atoms with Gasteiger partial charge in [-0.15, -0.1) is 0 Å². The third-order valence-corrected chi connectivity index (χ3v) is 4.88. The van der Waals surface area contributed by atoms with Gasteiger partial charge in [0.05, 0.1) is 12.5 Å². The summed E-state index contributed by atoms with van der Waals surface area (Å²) in [4.78, 5) is 35.6. The molecule has 0 aromatic heterocycles. The minimum atomic E-state index is -0.873. The second kappa shape index (κ2) is 10.2. The molecule has 9 nitrogen and oxygen atoms in total. The largest absolute Gasteiger partial charge is 0.460 e. The minimum Gasteiger partial charge on any atom is -0.460 e. The van der Waals surface area contributed by atoms with E-state index in [2.05, 4.69) is 10.4 Å². The lowest BCUT2D eigenvalue weighted by atomic mass is 9.98. The van der Waals surface area contributed by atoms with Crippen LogP contribution in [0.25, 0.3) is 11.1 Å². The number of carbonyl (C=O) groups excluding carboxylic acids is 3. The molecule has 0 aliphatic heterocycles. The Labute approximate surface area is 192 Å². The summed E-state index contributed by atoms with van der Waals surface area (Å²) < 4.78 is 10.8. The van der Waals surface area contributed by atoms with Crippen molar-refractivity contribution in [2.24, 2.45) is 10.8 Å². The van der Waals surface area contributed by atoms with Crippen LogP contribution in [-0.2, 0) is 14.3 Å². The van der Waals surface area contributed by atoms with Gasteiger partial charge in [0.25, 0.3) is 0 Å². The van der Waals surface area contributed by atoms with Gasteiger partial charge in [-0.2, -0.15) is 5.10 Å². The van der Waals surface area contributed by atoms with Crippen LogP contribution in [0.2, 0.25) is 0 Å². The summed E-state index contributed by atoms with van der Waals surface area (Å²) in [5, 5.41) is 6.22. The number of primary amides is 1. The van der Waals surface area contributed by atoms with Gasteiger partial charge in [0.15, 0.2) is 0 Å². The average Bonchev–Trinajstić information content (AvgIpc) is 3.04. The van der Waals surface area contributed by atoms with Crippen LogP contribution in [0.1, 0.15) is 44.2 Å². The van der Waals surface area contributed by atoms with Gasteiger partial charge in [-0.25, -0.2) is 15.0 Å². The standard InChI is InChI=1S/C24H28N4O5/c1-24(2,3)33-21(29)12-15(13-26-28-22(25)30)27-23(31)32-14-20-18-10-6-4-8-16(18)17-9-5-7-11-19(17)20/h4-11,13,15,20H,12,14H2,1-3H3,(H,27,31)(H3,25,28,30)/t15-/m0/s1. The predicted molar refractivity (Wildman–Crippen MR) is 124 cm³/mol. The van der Waals surface area contributed by atoms with E-state index >= 15 is 0 Å². The molecule has 0 fully saturated rings. The number of urea groups is 1. The van der Waals surface area contributed by atoms with Gasteiger partial charge < -0.3 is 20.5 Å². The van der Waals surface area contributed by atoms with Crippen molar-refractivity contribution < 1.29 is 23.9 Å². The summed E-state index contributed by atoms with van der Waals surface area (Å²) in [7, 11) is 0. The Morgan fingerprint density at radius 3 is 2.18 bits per heavy atom. The number of hydrazone groups is 1. The Bertz CT molecular complexity index is 1020. The number of ether oxygens (including phenoxy) is 2. The molecule has 2 aromatic carbocycles. The highest BCUT2D eigenvalue weighted by atomic mass is 16.6. The molecule has 0 heterocycles. The van der Waals surface area contributed by atoms with Crippen LogP contribution in [0.5, 0.6) is 0 Å². The fourth-order valence-electron chi connectivity index (χ4n) is 3.69. The zero-order valence-corrected chi connectivity index (χ0v) is 18.8. The number of amides is 3. The van der Waals surface area contributed by atoms with Gasteiger partial charge in [0.1, 0.15) is 12.2 Å². The molecule has 0 bridgehead atoms. The summed E-state index contributed by atoms with van der Waals surface area (Å²) in [6.07, 6.45) is 0.262. The van der Waals surface area contributed by atoms with E-state index in [1.54, 1.807) is 20.8 Å². The number of nitrogens with one attached hydrogen (secondary N) is 2. The SMILES string of the molecule is CC(C)(C)OC(=O)C[C@@H](C=NNC(N)=O)NC(=O)OCC1c2ccccc2-c2ccccc21. The quantitative estimate of drug-likeness (QED) is 0.337. The summed E-state index contributed by atoms with van der Waals surface area (Å²) in [5.41, 5.74) is 10.8. The van der Waals surface area contributed by atoms with Gasteiger partial charge >= 0.3 is 18.1 Å². The maximum Gasteiger partial charge on any atom is 0.407 e. The first-order valence-corrected chi connectivity index (χ1v) is 10.6. The molecule has 1 aliphatic carbocycles. The van der Waals surface area contributed by atoms with Crippen molar-refractivity contribution in [2.75, 3.05) is 6.61 Å². The molecule has 2 aromatic rings. The first kappa shape index (κ1) is 23.8. The number of fused-ring (bicyclic) bond motifs is 3. The number of benzene rings is 2. The fourth-order valence-corrected chi connectivity index (χ4v) is 3.69. The van der Waals surface area contributed by atoms with E-state index in [-0.39, 0.29) is 18.9 Å². The normalized spacial score (nSPS) is 13.7. The van der Waals surface area contributed by atoms with Crippen molar-refractivity contribution in [1.82, 2.24) is 10.7 Å². The van der Waals surface area contributed by atoms with E-state index in [0.29, 0.717) is 0 Å². The molecule has 0 radical (unpaired) electrons. The highest BCUT2D eigenvalue weighted by Crippen LogP contribution is 2.44. The van der Waals surface area contributed by atoms with Crippen LogP contribution < -0.4 is 16.5 Å². The Morgan fingerprint density at radius 2 is 1.64 bits per heavy atom. The molecule has 9 heteroatoms. The van der Waals surface area contributed by atoms with Crippen LogP contribution in [0.4, 0.5) is 9.59 Å². The molecular weight excluding hydrogens is 424 g/mol. The molecule has 33 heavy (non-hydrogen) atoms. The Balaban J connectivity index is 1.65. The van der Waals surface area contributed by atoms with E-state index in [1.165, 1.54) is 6.21 Å². The third-order valence-electron chi connectivity index (χ3n) is 4.88. The summed E-state index contributed by atoms with van der Waals surface area (Å²) in [6, 6.07) is 14.3. The predicted octanol–water partition coefficient (Wildman–Crippen LogP) is 3.28. The van der Waals surface area contributed by atoms with E-state index in [9.17, 15) is 14.4 Å². The molecule has 0 spiro atoms. The number of alkyl carbamates (subject to hydrolysis) is 1. The first-order chi connectivity index (χ1) is 15.6. The first-order valence-electron chi connectivity index (χ1n) is 10.6. The zero-order chi connectivity index (χ0) is 24.0. The van der Waals surface area contributed by atoms with Gasteiger partial charge in [0, 0.05) is 12.1 Å². The molecule has 4 N–H and O–H groups in total. The molecule has 3 amide bonds. The number of nitrogens with two attached hydrogens (primary N) is 1. The van der Waals surface area contributed by atoms with Gasteiger partial charge in [-0.05, 0) is 43.0 Å². The Kier molecular flexibility index (Phi) is 7.32. The molecular formula is C24H28N4O5. The molecule has 0 unspecified atom stereocenters. The Hall–Kier alpha value is -3.88. The van der Waals surface area contributed by atoms with E-state index in [0.717, 1.165) is 22.3 Å². The van der Waals surface area contributed by atoms with E-state index in [1.807, 2.05) is 54.0 Å². The van der Waals surface area contributed by atoms with Gasteiger partial charge in [-0.3, -0.25) is 4.79 Å². The van der Waals surface area contributed by atoms with Crippen molar-refractivity contribution in [3.63, 3.8) is 0 Å². The van der Waals surface area contributed by atoms with E-state index in [4.69, 9.17) is 15.2 Å². The topological polar surface area (TPSA) is 132 Å². The fraction of sp³-hybridized carbons (Fsp3) is 0.333. The van der Waals surface area contributed by atoms with Crippen LogP contribution >= 0.6 is 0 Å². The number of esters is 1. The molecule has 0 saturated heterocycles. The molecule has 174 valence electrons. The third kappa shape index (κ3) is 6.55. The van der Waals surface area contributed by atoms with Crippen molar-refractivity contribution in [2.45, 2.75) is 44.8 Å². The summed E-state index contributed by atoms with van der Waals surface area (Å²) in [6.45, 7) is 5.33. The lowest BCUT2D eigenvalue weighted by Gasteiger charge is -2.21. The zero-order valence-electron chi connectivity index (χ0n) is 18.8. The van der Waals surface area contributed by atoms with Crippen LogP contribution in [0.3, 0.4) is 0 Å². The van der Waals surface area contributed by atoms with Crippen molar-refractivity contribution in [1.29, 1.82) is 0 Å².